The van der Waals surface area contributed by atoms with E-state index in [9.17, 15) is 0 Å². The van der Waals surface area contributed by atoms with Gasteiger partial charge in [0.2, 0.25) is 0 Å². The van der Waals surface area contributed by atoms with E-state index in [2.05, 4.69) is 11.8 Å². The molecule has 1 fully saturated rings. The van der Waals surface area contributed by atoms with Crippen molar-refractivity contribution < 1.29 is 4.42 Å². The maximum Gasteiger partial charge on any atom is 0.117 e. The first kappa shape index (κ1) is 11.7. The SMILES string of the molecule is CCN(CCC1(N)CCC1)Cc1ccco1. The fraction of sp³-hybridized carbons (Fsp3) is 0.692. The molecule has 1 aliphatic rings. The second kappa shape index (κ2) is 5.02. The Bertz CT molecular complexity index is 304. The fourth-order valence-corrected chi connectivity index (χ4v) is 2.23. The average Bonchev–Trinajstić information content (AvgIpc) is 2.74. The lowest BCUT2D eigenvalue weighted by atomic mass is 9.75. The first-order valence-corrected chi connectivity index (χ1v) is 6.25. The van der Waals surface area contributed by atoms with Crippen LogP contribution in [0.5, 0.6) is 0 Å². The molecule has 3 heteroatoms. The lowest BCUT2D eigenvalue weighted by Gasteiger charge is -2.39. The molecule has 90 valence electrons. The van der Waals surface area contributed by atoms with Crippen LogP contribution >= 0.6 is 0 Å². The summed E-state index contributed by atoms with van der Waals surface area (Å²) < 4.78 is 5.37. The summed E-state index contributed by atoms with van der Waals surface area (Å²) in [6.45, 7) is 5.22. The van der Waals surface area contributed by atoms with Crippen LogP contribution in [0.2, 0.25) is 0 Å². The third-order valence-electron chi connectivity index (χ3n) is 3.68. The first-order chi connectivity index (χ1) is 7.72. The molecule has 16 heavy (non-hydrogen) atoms. The molecule has 1 saturated carbocycles. The molecule has 0 atom stereocenters. The Kier molecular flexibility index (Phi) is 3.66. The molecule has 0 saturated heterocycles. The molecular weight excluding hydrogens is 200 g/mol. The van der Waals surface area contributed by atoms with Crippen molar-refractivity contribution in [2.75, 3.05) is 13.1 Å². The van der Waals surface area contributed by atoms with Gasteiger partial charge in [-0.05, 0) is 44.4 Å². The summed E-state index contributed by atoms with van der Waals surface area (Å²) in [7, 11) is 0. The minimum atomic E-state index is 0.136. The van der Waals surface area contributed by atoms with Crippen LogP contribution in [0.1, 0.15) is 38.4 Å². The average molecular weight is 222 g/mol. The molecule has 0 aliphatic heterocycles. The summed E-state index contributed by atoms with van der Waals surface area (Å²) in [5.74, 6) is 1.04. The van der Waals surface area contributed by atoms with E-state index in [0.29, 0.717) is 0 Å². The second-order valence-electron chi connectivity index (χ2n) is 4.91. The summed E-state index contributed by atoms with van der Waals surface area (Å²) >= 11 is 0. The zero-order valence-corrected chi connectivity index (χ0v) is 10.1. The predicted molar refractivity (Wildman–Crippen MR) is 65.0 cm³/mol. The lowest BCUT2D eigenvalue weighted by molar-refractivity contribution is 0.175. The molecule has 1 heterocycles. The summed E-state index contributed by atoms with van der Waals surface area (Å²) in [6, 6.07) is 3.98. The number of nitrogens with two attached hydrogens (primary N) is 1. The minimum absolute atomic E-state index is 0.136. The van der Waals surface area contributed by atoms with Crippen LogP contribution in [0.25, 0.3) is 0 Å². The third-order valence-corrected chi connectivity index (χ3v) is 3.68. The van der Waals surface area contributed by atoms with E-state index in [1.807, 2.05) is 12.1 Å². The number of hydrogen-bond donors (Lipinski definition) is 1. The van der Waals surface area contributed by atoms with E-state index >= 15 is 0 Å². The molecule has 2 N–H and O–H groups in total. The molecule has 1 aliphatic carbocycles. The number of furan rings is 1. The maximum absolute atomic E-state index is 6.23. The Morgan fingerprint density at radius 3 is 2.81 bits per heavy atom. The summed E-state index contributed by atoms with van der Waals surface area (Å²) in [4.78, 5) is 2.39. The largest absolute Gasteiger partial charge is 0.468 e. The molecule has 0 spiro atoms. The molecule has 3 nitrogen and oxygen atoms in total. The molecule has 1 aromatic rings. The van der Waals surface area contributed by atoms with Crippen molar-refractivity contribution in [2.45, 2.75) is 44.7 Å². The van der Waals surface area contributed by atoms with Gasteiger partial charge in [0, 0.05) is 12.1 Å². The topological polar surface area (TPSA) is 42.4 Å². The number of rotatable bonds is 6. The van der Waals surface area contributed by atoms with Gasteiger partial charge in [-0.2, -0.15) is 0 Å². The van der Waals surface area contributed by atoms with Crippen LogP contribution < -0.4 is 5.73 Å². The highest BCUT2D eigenvalue weighted by Crippen LogP contribution is 2.32. The van der Waals surface area contributed by atoms with Crippen molar-refractivity contribution in [3.8, 4) is 0 Å². The monoisotopic (exact) mass is 222 g/mol. The zero-order chi connectivity index (χ0) is 11.4. The van der Waals surface area contributed by atoms with Crippen molar-refractivity contribution in [3.63, 3.8) is 0 Å². The number of nitrogens with zero attached hydrogens (tertiary/aromatic N) is 1. The van der Waals surface area contributed by atoms with E-state index in [0.717, 1.165) is 31.8 Å². The Morgan fingerprint density at radius 2 is 2.31 bits per heavy atom. The van der Waals surface area contributed by atoms with E-state index in [1.165, 1.54) is 19.3 Å². The quantitative estimate of drug-likeness (QED) is 0.803. The van der Waals surface area contributed by atoms with Gasteiger partial charge in [0.15, 0.2) is 0 Å². The van der Waals surface area contributed by atoms with Crippen molar-refractivity contribution >= 4 is 0 Å². The molecule has 0 unspecified atom stereocenters. The highest BCUT2D eigenvalue weighted by molar-refractivity contribution is 4.98. The normalized spacial score (nSPS) is 18.7. The summed E-state index contributed by atoms with van der Waals surface area (Å²) in [5.41, 5.74) is 6.36. The van der Waals surface area contributed by atoms with Crippen molar-refractivity contribution in [1.82, 2.24) is 4.90 Å². The smallest absolute Gasteiger partial charge is 0.117 e. The van der Waals surface area contributed by atoms with Gasteiger partial charge in [0.1, 0.15) is 5.76 Å². The van der Waals surface area contributed by atoms with Gasteiger partial charge in [-0.15, -0.1) is 0 Å². The van der Waals surface area contributed by atoms with Gasteiger partial charge in [0.05, 0.1) is 12.8 Å². The highest BCUT2D eigenvalue weighted by Gasteiger charge is 2.32. The van der Waals surface area contributed by atoms with Crippen molar-refractivity contribution in [2.24, 2.45) is 5.73 Å². The minimum Gasteiger partial charge on any atom is -0.468 e. The molecule has 0 amide bonds. The van der Waals surface area contributed by atoms with Gasteiger partial charge < -0.3 is 10.2 Å². The van der Waals surface area contributed by atoms with Crippen molar-refractivity contribution in [3.05, 3.63) is 24.2 Å². The van der Waals surface area contributed by atoms with Gasteiger partial charge in [-0.3, -0.25) is 4.90 Å². The Labute approximate surface area is 97.6 Å². The van der Waals surface area contributed by atoms with Crippen LogP contribution in [-0.2, 0) is 6.54 Å². The number of hydrogen-bond acceptors (Lipinski definition) is 3. The van der Waals surface area contributed by atoms with E-state index in [1.54, 1.807) is 6.26 Å². The Morgan fingerprint density at radius 1 is 1.50 bits per heavy atom. The molecule has 0 bridgehead atoms. The van der Waals surface area contributed by atoms with Gasteiger partial charge in [-0.1, -0.05) is 6.92 Å². The van der Waals surface area contributed by atoms with E-state index in [4.69, 9.17) is 10.2 Å². The van der Waals surface area contributed by atoms with Gasteiger partial charge in [-0.25, -0.2) is 0 Å². The van der Waals surface area contributed by atoms with Crippen molar-refractivity contribution in [1.29, 1.82) is 0 Å². The van der Waals surface area contributed by atoms with Crippen LogP contribution in [-0.4, -0.2) is 23.5 Å². The third kappa shape index (κ3) is 2.86. The van der Waals surface area contributed by atoms with Gasteiger partial charge in [0.25, 0.3) is 0 Å². The summed E-state index contributed by atoms with van der Waals surface area (Å²) in [6.07, 6.45) is 6.55. The van der Waals surface area contributed by atoms with Crippen LogP contribution in [0, 0.1) is 0 Å². The first-order valence-electron chi connectivity index (χ1n) is 6.25. The molecular formula is C13H22N2O. The van der Waals surface area contributed by atoms with Gasteiger partial charge >= 0.3 is 0 Å². The standard InChI is InChI=1S/C13H22N2O/c1-2-15(11-12-5-3-10-16-12)9-8-13(14)6-4-7-13/h3,5,10H,2,4,6-9,11,14H2,1H3. The molecule has 0 aromatic carbocycles. The molecule has 0 radical (unpaired) electrons. The highest BCUT2D eigenvalue weighted by atomic mass is 16.3. The zero-order valence-electron chi connectivity index (χ0n) is 10.1. The molecule has 2 rings (SSSR count). The fourth-order valence-electron chi connectivity index (χ4n) is 2.23. The Balaban J connectivity index is 1.77. The lowest BCUT2D eigenvalue weighted by Crippen LogP contribution is -2.48. The van der Waals surface area contributed by atoms with E-state index < -0.39 is 0 Å². The summed E-state index contributed by atoms with van der Waals surface area (Å²) in [5, 5.41) is 0. The maximum atomic E-state index is 6.23. The van der Waals surface area contributed by atoms with Crippen LogP contribution in [0.3, 0.4) is 0 Å². The second-order valence-corrected chi connectivity index (χ2v) is 4.91. The van der Waals surface area contributed by atoms with Crippen LogP contribution in [0.15, 0.2) is 22.8 Å². The molecule has 1 aromatic heterocycles. The predicted octanol–water partition coefficient (Wildman–Crippen LogP) is 2.37. The van der Waals surface area contributed by atoms with E-state index in [-0.39, 0.29) is 5.54 Å². The Hall–Kier alpha value is -0.800. The van der Waals surface area contributed by atoms with Crippen LogP contribution in [0.4, 0.5) is 0 Å².